The first-order valence-electron chi connectivity index (χ1n) is 11.8. The molecule has 0 amide bonds. The van der Waals surface area contributed by atoms with Crippen molar-refractivity contribution in [3.05, 3.63) is 0 Å². The number of carbonyl (C=O) groups excluding carboxylic acids is 2. The maximum atomic E-state index is 12.0. The van der Waals surface area contributed by atoms with Crippen molar-refractivity contribution in [2.24, 2.45) is 0 Å². The molecule has 11 N–H and O–H groups in total. The monoisotopic (exact) mass is 560 g/mol. The summed E-state index contributed by atoms with van der Waals surface area (Å²) in [5, 5.41) is 107. The number of esters is 1. The van der Waals surface area contributed by atoms with E-state index >= 15 is 0 Å². The molecule has 0 aliphatic carbocycles. The fraction of sp³-hybridized carbons (Fsp3) is 0.905. The Morgan fingerprint density at radius 1 is 0.789 bits per heavy atom. The zero-order valence-corrected chi connectivity index (χ0v) is 20.1. The molecule has 0 spiro atoms. The van der Waals surface area contributed by atoms with Crippen LogP contribution in [0.1, 0.15) is 19.3 Å². The van der Waals surface area contributed by atoms with Crippen molar-refractivity contribution < 1.29 is 84.7 Å². The molecule has 0 bridgehead atoms. The number of aliphatic hydroxyl groups is 11. The third-order valence-electron chi connectivity index (χ3n) is 6.25. The third-order valence-corrected chi connectivity index (χ3v) is 6.25. The van der Waals surface area contributed by atoms with E-state index in [0.29, 0.717) is 0 Å². The quantitative estimate of drug-likeness (QED) is 0.0932. The van der Waals surface area contributed by atoms with Crippen LogP contribution >= 0.6 is 0 Å². The lowest BCUT2D eigenvalue weighted by atomic mass is 9.97. The van der Waals surface area contributed by atoms with Gasteiger partial charge in [0.1, 0.15) is 73.8 Å². The van der Waals surface area contributed by atoms with Gasteiger partial charge in [0.05, 0.1) is 13.2 Å². The summed E-state index contributed by atoms with van der Waals surface area (Å²) in [5.41, 5.74) is 0. The summed E-state index contributed by atoms with van der Waals surface area (Å²) in [6.07, 6.45) is -23.6. The molecule has 2 saturated heterocycles. The van der Waals surface area contributed by atoms with Gasteiger partial charge < -0.3 is 75.1 Å². The van der Waals surface area contributed by atoms with Gasteiger partial charge in [0.2, 0.25) is 0 Å². The summed E-state index contributed by atoms with van der Waals surface area (Å²) < 4.78 is 20.6. The number of Topliss-reactive ketones (excluding diaryl/α,β-unsaturated/α-hetero) is 1. The van der Waals surface area contributed by atoms with Crippen molar-refractivity contribution in [3.8, 4) is 0 Å². The molecule has 38 heavy (non-hydrogen) atoms. The van der Waals surface area contributed by atoms with Crippen LogP contribution in [0, 0.1) is 0 Å². The van der Waals surface area contributed by atoms with Crippen LogP contribution in [0.25, 0.3) is 0 Å². The lowest BCUT2D eigenvalue weighted by molar-refractivity contribution is -0.355. The first kappa shape index (κ1) is 32.8. The number of carbonyl (C=O) groups is 2. The molecule has 0 unspecified atom stereocenters. The number of ketones is 1. The summed E-state index contributed by atoms with van der Waals surface area (Å²) in [6, 6.07) is 0. The van der Waals surface area contributed by atoms with Crippen LogP contribution in [0.5, 0.6) is 0 Å². The molecule has 222 valence electrons. The highest BCUT2D eigenvalue weighted by atomic mass is 16.7. The topological polar surface area (TPSA) is 294 Å². The zero-order chi connectivity index (χ0) is 28.7. The van der Waals surface area contributed by atoms with Crippen LogP contribution in [-0.2, 0) is 28.5 Å². The maximum absolute atomic E-state index is 12.0. The minimum atomic E-state index is -1.98. The van der Waals surface area contributed by atoms with Crippen molar-refractivity contribution in [2.75, 3.05) is 19.8 Å². The number of ether oxygens (including phenoxy) is 4. The van der Waals surface area contributed by atoms with Crippen LogP contribution in [-0.4, -0.2) is 167 Å². The Hall–Kier alpha value is -1.42. The fourth-order valence-corrected chi connectivity index (χ4v) is 3.87. The van der Waals surface area contributed by atoms with Crippen molar-refractivity contribution in [3.63, 3.8) is 0 Å². The lowest BCUT2D eigenvalue weighted by Gasteiger charge is -2.45. The highest BCUT2D eigenvalue weighted by Gasteiger charge is 2.50. The molecular formula is C21H36O17. The van der Waals surface area contributed by atoms with E-state index in [0.717, 1.165) is 0 Å². The Morgan fingerprint density at radius 2 is 1.45 bits per heavy atom. The predicted octanol–water partition coefficient (Wildman–Crippen LogP) is -7.03. The minimum absolute atomic E-state index is 0.131. The molecule has 2 fully saturated rings. The molecule has 2 rings (SSSR count). The zero-order valence-electron chi connectivity index (χ0n) is 20.1. The standard InChI is InChI=1S/C21H36O17/c22-4-8(25)13(28)12(27)7(24)2-1-3-11(26)35-6-10-14(29)15(30)18(33)21(37-10)38-19-9(5-23)36-20(34)17(32)16(19)31/h8-10,12-23,25,27-34H,1-6H2/t8-,9-,10-,12-,13-,14+,15+,16-,17-,18-,19-,20+,21+/m1/s1. The Morgan fingerprint density at radius 3 is 2.05 bits per heavy atom. The van der Waals surface area contributed by atoms with Gasteiger partial charge in [0.25, 0.3) is 0 Å². The summed E-state index contributed by atoms with van der Waals surface area (Å²) >= 11 is 0. The summed E-state index contributed by atoms with van der Waals surface area (Å²) in [5.74, 6) is -1.78. The molecule has 17 heteroatoms. The first-order valence-corrected chi connectivity index (χ1v) is 11.8. The molecule has 0 aromatic carbocycles. The van der Waals surface area contributed by atoms with Crippen LogP contribution in [0.15, 0.2) is 0 Å². The van der Waals surface area contributed by atoms with E-state index in [1.807, 2.05) is 0 Å². The van der Waals surface area contributed by atoms with E-state index in [9.17, 15) is 60.7 Å². The van der Waals surface area contributed by atoms with Crippen LogP contribution in [0.4, 0.5) is 0 Å². The van der Waals surface area contributed by atoms with Gasteiger partial charge in [-0.25, -0.2) is 0 Å². The number of aliphatic hydroxyl groups excluding tert-OH is 11. The lowest BCUT2D eigenvalue weighted by Crippen LogP contribution is -2.64. The fourth-order valence-electron chi connectivity index (χ4n) is 3.87. The summed E-state index contributed by atoms with van der Waals surface area (Å²) in [6.45, 7) is -2.32. The molecule has 2 heterocycles. The smallest absolute Gasteiger partial charge is 0.305 e. The second-order valence-corrected chi connectivity index (χ2v) is 9.03. The Labute approximate surface area is 216 Å². The molecule has 2 aliphatic rings. The van der Waals surface area contributed by atoms with Crippen molar-refractivity contribution in [1.82, 2.24) is 0 Å². The van der Waals surface area contributed by atoms with E-state index in [-0.39, 0.29) is 19.3 Å². The van der Waals surface area contributed by atoms with Crippen LogP contribution in [0.2, 0.25) is 0 Å². The number of hydrogen-bond donors (Lipinski definition) is 11. The van der Waals surface area contributed by atoms with Gasteiger partial charge in [-0.1, -0.05) is 0 Å². The second-order valence-electron chi connectivity index (χ2n) is 9.03. The highest BCUT2D eigenvalue weighted by Crippen LogP contribution is 2.28. The average molecular weight is 561 g/mol. The highest BCUT2D eigenvalue weighted by molar-refractivity contribution is 5.84. The number of hydrogen-bond acceptors (Lipinski definition) is 17. The molecular weight excluding hydrogens is 524 g/mol. The minimum Gasteiger partial charge on any atom is -0.463 e. The van der Waals surface area contributed by atoms with Gasteiger partial charge in [-0.15, -0.1) is 0 Å². The normalized spacial score (nSPS) is 38.3. The molecule has 17 nitrogen and oxygen atoms in total. The van der Waals surface area contributed by atoms with Crippen LogP contribution in [0.3, 0.4) is 0 Å². The Kier molecular flexibility index (Phi) is 12.8. The molecule has 13 atom stereocenters. The van der Waals surface area contributed by atoms with Crippen LogP contribution < -0.4 is 0 Å². The van der Waals surface area contributed by atoms with Gasteiger partial charge >= 0.3 is 5.97 Å². The van der Waals surface area contributed by atoms with Gasteiger partial charge in [-0.05, 0) is 6.42 Å². The molecule has 0 aromatic heterocycles. The number of rotatable bonds is 13. The third kappa shape index (κ3) is 8.05. The SMILES string of the molecule is O=C(CCCC(=O)[C@@H](O)[C@H](O)[C@H](O)CO)OC[C@H]1O[C@@H](O[C@H]2[C@H](O)[C@@H](O)[C@@H](O)O[C@@H]2CO)[C@H](O)[C@@H](O)[C@H]1O. The van der Waals surface area contributed by atoms with Gasteiger partial charge in [-0.2, -0.15) is 0 Å². The predicted molar refractivity (Wildman–Crippen MR) is 116 cm³/mol. The van der Waals surface area contributed by atoms with E-state index in [2.05, 4.69) is 0 Å². The van der Waals surface area contributed by atoms with Gasteiger partial charge in [0, 0.05) is 12.8 Å². The van der Waals surface area contributed by atoms with Crippen molar-refractivity contribution in [1.29, 1.82) is 0 Å². The Bertz CT molecular complexity index is 751. The summed E-state index contributed by atoms with van der Waals surface area (Å²) in [7, 11) is 0. The van der Waals surface area contributed by atoms with Gasteiger partial charge in [0.15, 0.2) is 18.4 Å². The molecule has 0 aromatic rings. The van der Waals surface area contributed by atoms with Crippen molar-refractivity contribution >= 4 is 11.8 Å². The van der Waals surface area contributed by atoms with Crippen molar-refractivity contribution in [2.45, 2.75) is 99.0 Å². The molecule has 0 radical (unpaired) electrons. The van der Waals surface area contributed by atoms with E-state index < -0.39 is 111 Å². The van der Waals surface area contributed by atoms with E-state index in [1.165, 1.54) is 0 Å². The summed E-state index contributed by atoms with van der Waals surface area (Å²) in [4.78, 5) is 23.9. The average Bonchev–Trinajstić information content (AvgIpc) is 2.90. The first-order chi connectivity index (χ1) is 17.8. The maximum Gasteiger partial charge on any atom is 0.305 e. The Balaban J connectivity index is 1.88. The van der Waals surface area contributed by atoms with E-state index in [1.54, 1.807) is 0 Å². The molecule has 2 aliphatic heterocycles. The van der Waals surface area contributed by atoms with Gasteiger partial charge in [-0.3, -0.25) is 9.59 Å². The van der Waals surface area contributed by atoms with E-state index in [4.69, 9.17) is 24.1 Å². The second kappa shape index (κ2) is 14.8. The molecule has 0 saturated carbocycles. The largest absolute Gasteiger partial charge is 0.463 e.